The second-order valence-electron chi connectivity index (χ2n) is 11.0. The number of hydrogen-bond acceptors (Lipinski definition) is 6. The minimum Gasteiger partial charge on any atom is -0.444 e. The van der Waals surface area contributed by atoms with Gasteiger partial charge in [-0.1, -0.05) is 30.3 Å². The average molecular weight is 530 g/mol. The predicted molar refractivity (Wildman–Crippen MR) is 151 cm³/mol. The molecule has 3 N–H and O–H groups in total. The molecule has 2 amide bonds. The summed E-state index contributed by atoms with van der Waals surface area (Å²) in [6, 6.07) is 9.93. The van der Waals surface area contributed by atoms with Crippen molar-refractivity contribution < 1.29 is 14.3 Å². The number of anilines is 2. The minimum absolute atomic E-state index is 0.0522. The van der Waals surface area contributed by atoms with Gasteiger partial charge in [-0.2, -0.15) is 5.10 Å². The van der Waals surface area contributed by atoms with Crippen LogP contribution in [0.25, 0.3) is 11.0 Å². The summed E-state index contributed by atoms with van der Waals surface area (Å²) in [6.45, 7) is 9.62. The number of hydrogen-bond donors (Lipinski definition) is 3. The number of aromatic amines is 1. The summed E-state index contributed by atoms with van der Waals surface area (Å²) in [6.07, 6.45) is 8.30. The second-order valence-corrected chi connectivity index (χ2v) is 11.0. The highest BCUT2D eigenvalue weighted by molar-refractivity contribution is 6.11. The van der Waals surface area contributed by atoms with Crippen LogP contribution >= 0.6 is 0 Å². The molecule has 1 saturated heterocycles. The van der Waals surface area contributed by atoms with E-state index in [1.54, 1.807) is 23.3 Å². The third kappa shape index (κ3) is 6.22. The Morgan fingerprint density at radius 1 is 1.18 bits per heavy atom. The lowest BCUT2D eigenvalue weighted by atomic mass is 10.0. The van der Waals surface area contributed by atoms with E-state index >= 15 is 0 Å². The maximum atomic E-state index is 13.2. The van der Waals surface area contributed by atoms with E-state index in [2.05, 4.69) is 30.6 Å². The highest BCUT2D eigenvalue weighted by Gasteiger charge is 2.27. The number of H-pyrrole nitrogens is 1. The van der Waals surface area contributed by atoms with Gasteiger partial charge in [-0.15, -0.1) is 0 Å². The van der Waals surface area contributed by atoms with E-state index in [1.165, 1.54) is 0 Å². The van der Waals surface area contributed by atoms with E-state index in [0.717, 1.165) is 41.6 Å². The van der Waals surface area contributed by atoms with Crippen molar-refractivity contribution in [2.24, 2.45) is 0 Å². The molecule has 4 heterocycles. The maximum absolute atomic E-state index is 13.2. The molecule has 39 heavy (non-hydrogen) atoms. The van der Waals surface area contributed by atoms with Crippen molar-refractivity contribution in [3.63, 3.8) is 0 Å². The fourth-order valence-corrected chi connectivity index (χ4v) is 4.98. The van der Waals surface area contributed by atoms with Gasteiger partial charge in [0.05, 0.1) is 35.1 Å². The zero-order valence-corrected chi connectivity index (χ0v) is 22.8. The molecule has 1 aromatic carbocycles. The Morgan fingerprint density at radius 3 is 2.74 bits per heavy atom. The Balaban J connectivity index is 1.34. The summed E-state index contributed by atoms with van der Waals surface area (Å²) in [5.41, 5.74) is 4.35. The van der Waals surface area contributed by atoms with Crippen molar-refractivity contribution in [3.05, 3.63) is 71.8 Å². The van der Waals surface area contributed by atoms with Gasteiger partial charge < -0.3 is 25.3 Å². The van der Waals surface area contributed by atoms with Crippen LogP contribution in [0, 0.1) is 6.92 Å². The van der Waals surface area contributed by atoms with Gasteiger partial charge in [-0.3, -0.25) is 9.48 Å². The SMILES string of the molecule is Cc1cnc2[nH]cc(NC(=O)c3cnn(Cc4ccccc4)c3)c2c1N1CCCC(NC(=O)OC(C)(C)C)C1. The smallest absolute Gasteiger partial charge is 0.407 e. The highest BCUT2D eigenvalue weighted by Crippen LogP contribution is 2.36. The molecule has 1 aliphatic heterocycles. The number of pyridine rings is 1. The normalized spacial score (nSPS) is 15.8. The molecule has 0 spiro atoms. The maximum Gasteiger partial charge on any atom is 0.407 e. The van der Waals surface area contributed by atoms with Gasteiger partial charge in [0.1, 0.15) is 11.2 Å². The van der Waals surface area contributed by atoms with Crippen LogP contribution in [0.1, 0.15) is 55.1 Å². The van der Waals surface area contributed by atoms with Crippen molar-refractivity contribution in [3.8, 4) is 0 Å². The number of nitrogens with one attached hydrogen (secondary N) is 3. The molecule has 10 heteroatoms. The molecular weight excluding hydrogens is 494 g/mol. The van der Waals surface area contributed by atoms with E-state index in [0.29, 0.717) is 30.0 Å². The number of aryl methyl sites for hydroxylation is 1. The van der Waals surface area contributed by atoms with Gasteiger partial charge in [0.25, 0.3) is 5.91 Å². The van der Waals surface area contributed by atoms with Gasteiger partial charge in [-0.05, 0) is 51.7 Å². The fourth-order valence-electron chi connectivity index (χ4n) is 4.98. The monoisotopic (exact) mass is 529 g/mol. The van der Waals surface area contributed by atoms with E-state index in [4.69, 9.17) is 4.74 Å². The van der Waals surface area contributed by atoms with Crippen LogP contribution in [-0.2, 0) is 11.3 Å². The molecule has 0 bridgehead atoms. The molecule has 1 atom stereocenters. The topological polar surface area (TPSA) is 117 Å². The molecule has 1 fully saturated rings. The molecule has 4 aromatic rings. The largest absolute Gasteiger partial charge is 0.444 e. The van der Waals surface area contributed by atoms with Gasteiger partial charge in [0.2, 0.25) is 0 Å². The van der Waals surface area contributed by atoms with Crippen LogP contribution < -0.4 is 15.5 Å². The fraction of sp³-hybridized carbons (Fsp3) is 0.379. The number of carbonyl (C=O) groups excluding carboxylic acids is 2. The van der Waals surface area contributed by atoms with Gasteiger partial charge >= 0.3 is 6.09 Å². The number of benzene rings is 1. The van der Waals surface area contributed by atoms with Crippen LogP contribution in [0.2, 0.25) is 0 Å². The molecule has 1 aliphatic rings. The zero-order chi connectivity index (χ0) is 27.6. The number of ether oxygens (including phenoxy) is 1. The Labute approximate surface area is 227 Å². The summed E-state index contributed by atoms with van der Waals surface area (Å²) in [5.74, 6) is -0.245. The van der Waals surface area contributed by atoms with Crippen LogP contribution in [0.4, 0.5) is 16.2 Å². The first kappa shape index (κ1) is 26.3. The number of amides is 2. The molecular formula is C29H35N7O3. The van der Waals surface area contributed by atoms with Crippen molar-refractivity contribution in [2.75, 3.05) is 23.3 Å². The van der Waals surface area contributed by atoms with Crippen LogP contribution in [0.15, 0.2) is 55.1 Å². The first-order valence-corrected chi connectivity index (χ1v) is 13.2. The van der Waals surface area contributed by atoms with E-state index in [9.17, 15) is 9.59 Å². The number of aromatic nitrogens is 4. The minimum atomic E-state index is -0.553. The summed E-state index contributed by atoms with van der Waals surface area (Å²) < 4.78 is 7.22. The van der Waals surface area contributed by atoms with Crippen molar-refractivity contribution in [2.45, 2.75) is 58.7 Å². The molecule has 0 saturated carbocycles. The summed E-state index contributed by atoms with van der Waals surface area (Å²) >= 11 is 0. The Kier molecular flexibility index (Phi) is 7.28. The van der Waals surface area contributed by atoms with E-state index in [-0.39, 0.29) is 11.9 Å². The van der Waals surface area contributed by atoms with E-state index in [1.807, 2.05) is 64.2 Å². The number of rotatable bonds is 6. The van der Waals surface area contributed by atoms with Crippen molar-refractivity contribution >= 4 is 34.4 Å². The van der Waals surface area contributed by atoms with E-state index < -0.39 is 11.7 Å². The summed E-state index contributed by atoms with van der Waals surface area (Å²) in [7, 11) is 0. The first-order chi connectivity index (χ1) is 18.7. The Hall–Kier alpha value is -4.34. The Bertz CT molecular complexity index is 1470. The number of nitrogens with zero attached hydrogens (tertiary/aromatic N) is 4. The summed E-state index contributed by atoms with van der Waals surface area (Å²) in [4.78, 5) is 35.6. The molecule has 0 aliphatic carbocycles. The molecule has 5 rings (SSSR count). The van der Waals surface area contributed by atoms with Crippen LogP contribution in [0.5, 0.6) is 0 Å². The van der Waals surface area contributed by atoms with Crippen molar-refractivity contribution in [1.29, 1.82) is 0 Å². The summed E-state index contributed by atoms with van der Waals surface area (Å²) in [5, 5.41) is 11.3. The van der Waals surface area contributed by atoms with Gasteiger partial charge in [-0.25, -0.2) is 9.78 Å². The van der Waals surface area contributed by atoms with Crippen LogP contribution in [-0.4, -0.2) is 56.5 Å². The third-order valence-corrected chi connectivity index (χ3v) is 6.65. The second kappa shape index (κ2) is 10.8. The number of carbonyl (C=O) groups is 2. The third-order valence-electron chi connectivity index (χ3n) is 6.65. The van der Waals surface area contributed by atoms with Crippen LogP contribution in [0.3, 0.4) is 0 Å². The Morgan fingerprint density at radius 2 is 1.97 bits per heavy atom. The molecule has 3 aromatic heterocycles. The lowest BCUT2D eigenvalue weighted by molar-refractivity contribution is 0.0500. The predicted octanol–water partition coefficient (Wildman–Crippen LogP) is 4.86. The lowest BCUT2D eigenvalue weighted by Gasteiger charge is -2.36. The average Bonchev–Trinajstić information content (AvgIpc) is 3.51. The van der Waals surface area contributed by atoms with Gasteiger partial charge in [0.15, 0.2) is 0 Å². The first-order valence-electron chi connectivity index (χ1n) is 13.2. The van der Waals surface area contributed by atoms with Crippen molar-refractivity contribution in [1.82, 2.24) is 25.1 Å². The number of fused-ring (bicyclic) bond motifs is 1. The van der Waals surface area contributed by atoms with Gasteiger partial charge in [0, 0.05) is 37.7 Å². The number of piperidine rings is 1. The number of alkyl carbamates (subject to hydrolysis) is 1. The molecule has 204 valence electrons. The standard InChI is InChI=1S/C29H35N7O3/c1-19-13-30-26-24(25(19)35-12-8-11-22(18-35)33-28(38)39-29(2,3)4)23(15-31-26)34-27(37)21-14-32-36(17-21)16-20-9-6-5-7-10-20/h5-7,9-10,13-15,17,22H,8,11-12,16,18H2,1-4H3,(H,30,31)(H,33,38)(H,34,37). The molecule has 10 nitrogen and oxygen atoms in total. The highest BCUT2D eigenvalue weighted by atomic mass is 16.6. The molecule has 0 radical (unpaired) electrons. The zero-order valence-electron chi connectivity index (χ0n) is 22.8. The lowest BCUT2D eigenvalue weighted by Crippen LogP contribution is -2.49. The molecule has 1 unspecified atom stereocenters. The quantitative estimate of drug-likeness (QED) is 0.328.